The Morgan fingerprint density at radius 1 is 0.471 bits per heavy atom. The van der Waals surface area contributed by atoms with Gasteiger partial charge in [-0.25, -0.2) is 14.4 Å². The van der Waals surface area contributed by atoms with Crippen molar-refractivity contribution >= 4 is 43.9 Å². The molecule has 0 bridgehead atoms. The molecule has 4 nitrogen and oxygen atoms in total. The van der Waals surface area contributed by atoms with Crippen molar-refractivity contribution in [2.45, 2.75) is 0 Å². The Bertz CT molecular complexity index is 2850. The zero-order chi connectivity index (χ0) is 33.9. The zero-order valence-corrected chi connectivity index (χ0v) is 27.3. The van der Waals surface area contributed by atoms with Crippen LogP contribution in [0.25, 0.3) is 94.5 Å². The molecule has 0 aliphatic rings. The second-order valence-corrected chi connectivity index (χ2v) is 12.7. The summed E-state index contributed by atoms with van der Waals surface area (Å²) in [6.45, 7) is 0. The number of imidazole rings is 1. The van der Waals surface area contributed by atoms with Crippen molar-refractivity contribution < 1.29 is 8.81 Å². The minimum absolute atomic E-state index is 0.287. The molecule has 0 radical (unpaired) electrons. The summed E-state index contributed by atoms with van der Waals surface area (Å²) in [5.74, 6) is 0.481. The first kappa shape index (κ1) is 29.1. The van der Waals surface area contributed by atoms with Gasteiger partial charge in [0.15, 0.2) is 0 Å². The van der Waals surface area contributed by atoms with Crippen molar-refractivity contribution in [3.05, 3.63) is 176 Å². The van der Waals surface area contributed by atoms with E-state index in [2.05, 4.69) is 120 Å². The van der Waals surface area contributed by atoms with Crippen LogP contribution < -0.4 is 0 Å². The van der Waals surface area contributed by atoms with Gasteiger partial charge in [0.1, 0.15) is 17.2 Å². The largest absolute Gasteiger partial charge is 0.437 e. The van der Waals surface area contributed by atoms with E-state index in [0.717, 1.165) is 83.2 Å². The molecule has 0 atom stereocenters. The molecule has 10 aromatic rings. The SMILES string of the molecule is Fc1ccc(-c2nc3oc4c(-c5nc6ccccc6n5-c5c(-c6ccccc6)cccc5-c5ccccc5)cccc4c3c3ccccc23)cc1. The number of benzene rings is 7. The smallest absolute Gasteiger partial charge is 0.228 e. The number of pyridine rings is 1. The van der Waals surface area contributed by atoms with Gasteiger partial charge in [0.05, 0.1) is 33.4 Å². The lowest BCUT2D eigenvalue weighted by Crippen LogP contribution is -2.03. The van der Waals surface area contributed by atoms with Crippen molar-refractivity contribution in [1.82, 2.24) is 14.5 Å². The molecule has 0 N–H and O–H groups in total. The lowest BCUT2D eigenvalue weighted by Gasteiger charge is -2.19. The number of hydrogen-bond donors (Lipinski definition) is 0. The van der Waals surface area contributed by atoms with E-state index in [1.165, 1.54) is 12.1 Å². The number of fused-ring (bicyclic) bond motifs is 6. The number of para-hydroxylation sites is 4. The van der Waals surface area contributed by atoms with Crippen LogP contribution in [-0.4, -0.2) is 14.5 Å². The van der Waals surface area contributed by atoms with E-state index in [-0.39, 0.29) is 5.82 Å². The van der Waals surface area contributed by atoms with Crippen LogP contribution in [0.4, 0.5) is 4.39 Å². The molecule has 0 saturated heterocycles. The molecule has 240 valence electrons. The fourth-order valence-corrected chi connectivity index (χ4v) is 7.44. The molecule has 0 unspecified atom stereocenters. The molecule has 51 heavy (non-hydrogen) atoms. The number of aromatic nitrogens is 3. The zero-order valence-electron chi connectivity index (χ0n) is 27.3. The quantitative estimate of drug-likeness (QED) is 0.185. The molecule has 0 aliphatic heterocycles. The molecular weight excluding hydrogens is 630 g/mol. The average Bonchev–Trinajstić information content (AvgIpc) is 3.77. The molecule has 10 rings (SSSR count). The summed E-state index contributed by atoms with van der Waals surface area (Å²) in [5, 5.41) is 3.88. The van der Waals surface area contributed by atoms with Gasteiger partial charge < -0.3 is 4.42 Å². The maximum atomic E-state index is 13.9. The van der Waals surface area contributed by atoms with Gasteiger partial charge in [-0.05, 0) is 59.0 Å². The second kappa shape index (κ2) is 11.6. The molecule has 0 saturated carbocycles. The number of halogens is 1. The molecular formula is C46H28FN3O. The highest BCUT2D eigenvalue weighted by Gasteiger charge is 2.25. The van der Waals surface area contributed by atoms with Gasteiger partial charge in [-0.2, -0.15) is 0 Å². The second-order valence-electron chi connectivity index (χ2n) is 12.7. The summed E-state index contributed by atoms with van der Waals surface area (Å²) < 4.78 is 23.0. The van der Waals surface area contributed by atoms with Gasteiger partial charge in [-0.15, -0.1) is 0 Å². The van der Waals surface area contributed by atoms with Gasteiger partial charge >= 0.3 is 0 Å². The van der Waals surface area contributed by atoms with E-state index in [9.17, 15) is 4.39 Å². The standard InChI is InChI=1S/C46H28FN3O/c47-32-27-25-31(26-28-32)42-36-18-8-7-17-35(36)41-37-21-12-22-38(44(37)51-46(41)49-42)45-48-39-23-9-10-24-40(39)50(45)43-33(29-13-3-1-4-14-29)19-11-20-34(43)30-15-5-2-6-16-30/h1-28H. The summed E-state index contributed by atoms with van der Waals surface area (Å²) in [6, 6.07) is 56.7. The lowest BCUT2D eigenvalue weighted by molar-refractivity contribution is 0.628. The molecule has 5 heteroatoms. The van der Waals surface area contributed by atoms with Gasteiger partial charge in [-0.3, -0.25) is 4.57 Å². The first-order valence-electron chi connectivity index (χ1n) is 16.9. The van der Waals surface area contributed by atoms with Gasteiger partial charge in [0, 0.05) is 27.5 Å². The number of furan rings is 1. The molecule has 3 heterocycles. The van der Waals surface area contributed by atoms with Crippen LogP contribution in [0.3, 0.4) is 0 Å². The summed E-state index contributed by atoms with van der Waals surface area (Å²) in [5.41, 5.74) is 11.0. The first-order chi connectivity index (χ1) is 25.2. The minimum Gasteiger partial charge on any atom is -0.437 e. The Balaban J connectivity index is 1.30. The van der Waals surface area contributed by atoms with E-state index in [4.69, 9.17) is 14.4 Å². The molecule has 0 aliphatic carbocycles. The predicted octanol–water partition coefficient (Wildman–Crippen LogP) is 12.3. The summed E-state index contributed by atoms with van der Waals surface area (Å²) in [4.78, 5) is 10.4. The van der Waals surface area contributed by atoms with Crippen molar-refractivity contribution in [3.63, 3.8) is 0 Å². The fourth-order valence-electron chi connectivity index (χ4n) is 7.44. The highest BCUT2D eigenvalue weighted by molar-refractivity contribution is 6.21. The Hall–Kier alpha value is -6.85. The minimum atomic E-state index is -0.287. The summed E-state index contributed by atoms with van der Waals surface area (Å²) in [6.07, 6.45) is 0. The van der Waals surface area contributed by atoms with Crippen molar-refractivity contribution in [2.24, 2.45) is 0 Å². The van der Waals surface area contributed by atoms with Crippen LogP contribution in [0.5, 0.6) is 0 Å². The predicted molar refractivity (Wildman–Crippen MR) is 205 cm³/mol. The Kier molecular flexibility index (Phi) is 6.64. The van der Waals surface area contributed by atoms with Crippen LogP contribution >= 0.6 is 0 Å². The van der Waals surface area contributed by atoms with Gasteiger partial charge in [-0.1, -0.05) is 127 Å². The lowest BCUT2D eigenvalue weighted by atomic mass is 9.95. The molecule has 7 aromatic carbocycles. The third-order valence-electron chi connectivity index (χ3n) is 9.71. The normalized spacial score (nSPS) is 11.6. The number of hydrogen-bond acceptors (Lipinski definition) is 3. The number of nitrogens with zero attached hydrogens (tertiary/aromatic N) is 3. The van der Waals surface area contributed by atoms with E-state index in [1.807, 2.05) is 30.3 Å². The third kappa shape index (κ3) is 4.67. The van der Waals surface area contributed by atoms with Crippen molar-refractivity contribution in [3.8, 4) is 50.6 Å². The Morgan fingerprint density at radius 2 is 1.06 bits per heavy atom. The summed E-state index contributed by atoms with van der Waals surface area (Å²) >= 11 is 0. The maximum absolute atomic E-state index is 13.9. The highest BCUT2D eigenvalue weighted by Crippen LogP contribution is 2.44. The topological polar surface area (TPSA) is 43.9 Å². The van der Waals surface area contributed by atoms with Crippen molar-refractivity contribution in [1.29, 1.82) is 0 Å². The van der Waals surface area contributed by atoms with E-state index in [0.29, 0.717) is 11.3 Å². The van der Waals surface area contributed by atoms with Gasteiger partial charge in [0.25, 0.3) is 0 Å². The summed E-state index contributed by atoms with van der Waals surface area (Å²) in [7, 11) is 0. The Morgan fingerprint density at radius 3 is 1.78 bits per heavy atom. The van der Waals surface area contributed by atoms with Crippen LogP contribution in [0.2, 0.25) is 0 Å². The van der Waals surface area contributed by atoms with E-state index < -0.39 is 0 Å². The molecule has 0 spiro atoms. The molecule has 0 fully saturated rings. The highest BCUT2D eigenvalue weighted by atomic mass is 19.1. The van der Waals surface area contributed by atoms with Crippen LogP contribution in [-0.2, 0) is 0 Å². The van der Waals surface area contributed by atoms with Crippen molar-refractivity contribution in [2.75, 3.05) is 0 Å². The van der Waals surface area contributed by atoms with Crippen LogP contribution in [0, 0.1) is 5.82 Å². The first-order valence-corrected chi connectivity index (χ1v) is 16.9. The van der Waals surface area contributed by atoms with Crippen LogP contribution in [0.15, 0.2) is 174 Å². The van der Waals surface area contributed by atoms with Gasteiger partial charge in [0.2, 0.25) is 5.71 Å². The number of rotatable bonds is 5. The maximum Gasteiger partial charge on any atom is 0.228 e. The van der Waals surface area contributed by atoms with Crippen LogP contribution in [0.1, 0.15) is 0 Å². The fraction of sp³-hybridized carbons (Fsp3) is 0. The third-order valence-corrected chi connectivity index (χ3v) is 9.71. The van der Waals surface area contributed by atoms with E-state index >= 15 is 0 Å². The molecule has 0 amide bonds. The van der Waals surface area contributed by atoms with E-state index in [1.54, 1.807) is 12.1 Å². The Labute approximate surface area is 292 Å². The average molecular weight is 658 g/mol. The monoisotopic (exact) mass is 657 g/mol. The molecule has 3 aromatic heterocycles.